The molecule has 320 valence electrons. The van der Waals surface area contributed by atoms with Crippen LogP contribution >= 0.6 is 11.6 Å². The van der Waals surface area contributed by atoms with Gasteiger partial charge in [-0.25, -0.2) is 19.6 Å². The van der Waals surface area contributed by atoms with Gasteiger partial charge in [0.25, 0.3) is 0 Å². The highest BCUT2D eigenvalue weighted by Gasteiger charge is 2.39. The summed E-state index contributed by atoms with van der Waals surface area (Å²) in [4.78, 5) is 71.4. The molecule has 4 unspecified atom stereocenters. The summed E-state index contributed by atoms with van der Waals surface area (Å²) < 4.78 is 22.2. The molecule has 2 saturated heterocycles. The van der Waals surface area contributed by atoms with Crippen LogP contribution in [0.15, 0.2) is 42.6 Å². The maximum Gasteiger partial charge on any atom is 0.407 e. The minimum atomic E-state index is -0.750. The topological polar surface area (TPSA) is 193 Å². The first-order valence-corrected chi connectivity index (χ1v) is 20.9. The van der Waals surface area contributed by atoms with Crippen molar-refractivity contribution in [2.24, 2.45) is 11.8 Å². The van der Waals surface area contributed by atoms with Gasteiger partial charge in [0.05, 0.1) is 51.4 Å². The molecule has 2 aromatic carbocycles. The van der Waals surface area contributed by atoms with Crippen LogP contribution in [-0.4, -0.2) is 106 Å². The van der Waals surface area contributed by atoms with E-state index >= 15 is 0 Å². The monoisotopic (exact) mass is 844 g/mol. The molecule has 4 atom stereocenters. The predicted molar refractivity (Wildman–Crippen MR) is 223 cm³/mol. The maximum absolute atomic E-state index is 13.7. The Kier molecular flexibility index (Phi) is 12.9. The smallest absolute Gasteiger partial charge is 0.407 e. The van der Waals surface area contributed by atoms with E-state index < -0.39 is 24.3 Å². The summed E-state index contributed by atoms with van der Waals surface area (Å²) in [5.74, 6) is 1.92. The number of likely N-dealkylation sites (tertiary alicyclic amines) is 2. The number of H-pyrrole nitrogens is 2. The molecule has 17 heteroatoms. The number of hydrogen-bond acceptors (Lipinski definition) is 10. The fraction of sp³-hybridized carbons (Fsp3) is 0.488. The number of imidazole rings is 2. The molecule has 16 nitrogen and oxygen atoms in total. The summed E-state index contributed by atoms with van der Waals surface area (Å²) in [6.07, 6.45) is 4.15. The van der Waals surface area contributed by atoms with E-state index in [1.807, 2.05) is 64.1 Å². The van der Waals surface area contributed by atoms with Gasteiger partial charge in [-0.1, -0.05) is 51.4 Å². The van der Waals surface area contributed by atoms with Crippen molar-refractivity contribution in [1.82, 2.24) is 40.4 Å². The van der Waals surface area contributed by atoms with Crippen molar-refractivity contribution in [2.45, 2.75) is 84.0 Å². The van der Waals surface area contributed by atoms with E-state index in [1.54, 1.807) is 16.0 Å². The molecule has 2 fully saturated rings. The summed E-state index contributed by atoms with van der Waals surface area (Å²) >= 11 is 6.82. The van der Waals surface area contributed by atoms with Crippen LogP contribution in [0.3, 0.4) is 0 Å². The fourth-order valence-corrected chi connectivity index (χ4v) is 8.47. The van der Waals surface area contributed by atoms with Gasteiger partial charge in [-0.05, 0) is 61.8 Å². The van der Waals surface area contributed by atoms with Crippen LogP contribution in [0.4, 0.5) is 9.59 Å². The number of benzene rings is 2. The second-order valence-corrected chi connectivity index (χ2v) is 16.4. The van der Waals surface area contributed by atoms with E-state index in [-0.39, 0.29) is 35.7 Å². The minimum absolute atomic E-state index is 0.134. The van der Waals surface area contributed by atoms with Crippen molar-refractivity contribution in [3.05, 3.63) is 59.4 Å². The molecule has 5 heterocycles. The number of ether oxygens (including phenoxy) is 4. The van der Waals surface area contributed by atoms with E-state index in [0.717, 1.165) is 47.2 Å². The Morgan fingerprint density at radius 2 is 1.27 bits per heavy atom. The standard InChI is InChI=1S/C43H53ClN8O8/c1-23(2)34(48-42(55)57-5)40(53)51-16-7-10-30(51)38-45-22-29(46-38)25-12-14-27-28-15-13-26(21-33(28)60-19-9-18-59-32(27)20-25)36-37(44)50-39(47-36)31-11-8-17-52(31)41(54)35(24(3)4)49-43(56)58-6/h12-15,20-24,30-31,34-35H,7-11,16-19H2,1-6H3,(H,45,46)(H,47,50)(H,48,55)(H,49,56). The predicted octanol–water partition coefficient (Wildman–Crippen LogP) is 7.04. The lowest BCUT2D eigenvalue weighted by atomic mass is 9.98. The van der Waals surface area contributed by atoms with E-state index in [0.29, 0.717) is 73.1 Å². The van der Waals surface area contributed by atoms with Crippen LogP contribution in [0.2, 0.25) is 5.15 Å². The lowest BCUT2D eigenvalue weighted by molar-refractivity contribution is -0.136. The molecular formula is C43H53ClN8O8. The highest BCUT2D eigenvalue weighted by atomic mass is 35.5. The molecule has 2 aromatic heterocycles. The van der Waals surface area contributed by atoms with Crippen LogP contribution in [0.1, 0.15) is 83.5 Å². The number of nitrogens with zero attached hydrogens (tertiary/aromatic N) is 4. The zero-order valence-electron chi connectivity index (χ0n) is 34.8. The number of amides is 4. The lowest BCUT2D eigenvalue weighted by Crippen LogP contribution is -2.51. The van der Waals surface area contributed by atoms with Gasteiger partial charge in [0.15, 0.2) is 0 Å². The Bertz CT molecular complexity index is 2220. The zero-order chi connectivity index (χ0) is 42.7. The van der Waals surface area contributed by atoms with Crippen LogP contribution in [0.5, 0.6) is 11.5 Å². The summed E-state index contributed by atoms with van der Waals surface area (Å²) in [5, 5.41) is 5.73. The van der Waals surface area contributed by atoms with Gasteiger partial charge < -0.3 is 49.3 Å². The molecule has 4 N–H and O–H groups in total. The van der Waals surface area contributed by atoms with Crippen LogP contribution in [-0.2, 0) is 19.1 Å². The average Bonchev–Trinajstić information content (AvgIpc) is 4.08. The third-order valence-corrected chi connectivity index (χ3v) is 11.7. The lowest BCUT2D eigenvalue weighted by Gasteiger charge is -2.30. The number of nitrogens with one attached hydrogen (secondary N) is 4. The molecular weight excluding hydrogens is 792 g/mol. The van der Waals surface area contributed by atoms with Gasteiger partial charge in [0.1, 0.15) is 46.1 Å². The first-order chi connectivity index (χ1) is 28.9. The van der Waals surface area contributed by atoms with Crippen LogP contribution in [0.25, 0.3) is 33.6 Å². The zero-order valence-corrected chi connectivity index (χ0v) is 35.6. The van der Waals surface area contributed by atoms with Crippen molar-refractivity contribution >= 4 is 35.6 Å². The molecule has 0 bridgehead atoms. The van der Waals surface area contributed by atoms with Crippen LogP contribution < -0.4 is 20.1 Å². The van der Waals surface area contributed by atoms with Crippen molar-refractivity contribution in [2.75, 3.05) is 40.5 Å². The van der Waals surface area contributed by atoms with Gasteiger partial charge in [-0.15, -0.1) is 0 Å². The quantitative estimate of drug-likeness (QED) is 0.129. The summed E-state index contributed by atoms with van der Waals surface area (Å²) in [6, 6.07) is 9.75. The number of alkyl carbamates (subject to hydrolysis) is 2. The number of rotatable bonds is 10. The van der Waals surface area contributed by atoms with Gasteiger partial charge in [0, 0.05) is 41.8 Å². The molecule has 0 radical (unpaired) electrons. The minimum Gasteiger partial charge on any atom is -0.493 e. The van der Waals surface area contributed by atoms with Crippen molar-refractivity contribution in [3.63, 3.8) is 0 Å². The Labute approximate surface area is 354 Å². The number of aromatic nitrogens is 4. The molecule has 0 aliphatic carbocycles. The van der Waals surface area contributed by atoms with Gasteiger partial charge >= 0.3 is 12.2 Å². The molecule has 4 amide bonds. The number of fused-ring (bicyclic) bond motifs is 3. The molecule has 0 spiro atoms. The Morgan fingerprint density at radius 3 is 1.80 bits per heavy atom. The van der Waals surface area contributed by atoms with E-state index in [2.05, 4.69) is 20.6 Å². The number of carbonyl (C=O) groups excluding carboxylic acids is 4. The second kappa shape index (κ2) is 18.2. The fourth-order valence-electron chi connectivity index (χ4n) is 8.22. The van der Waals surface area contributed by atoms with E-state index in [1.165, 1.54) is 14.2 Å². The number of hydrogen-bond donors (Lipinski definition) is 4. The highest BCUT2D eigenvalue weighted by Crippen LogP contribution is 2.43. The van der Waals surface area contributed by atoms with Crippen LogP contribution in [0, 0.1) is 11.8 Å². The number of aromatic amines is 2. The summed E-state index contributed by atoms with van der Waals surface area (Å²) in [7, 11) is 2.55. The molecule has 3 aliphatic heterocycles. The molecule has 7 rings (SSSR count). The average molecular weight is 845 g/mol. The van der Waals surface area contributed by atoms with Gasteiger partial charge in [-0.3, -0.25) is 9.59 Å². The Morgan fingerprint density at radius 1 is 0.750 bits per heavy atom. The highest BCUT2D eigenvalue weighted by molar-refractivity contribution is 6.32. The SMILES string of the molecule is COC(=O)NC(C(=O)N1CCCC1c1ncc(-c2ccc3c(c2)OCCCOc2cc(-c4nc(C5CCCN5C(=O)C(NC(=O)OC)C(C)C)[nH]c4Cl)ccc2-3)[nH]1)C(C)C. The Balaban J connectivity index is 1.12. The second-order valence-electron chi connectivity index (χ2n) is 16.0. The maximum atomic E-state index is 13.7. The van der Waals surface area contributed by atoms with E-state index in [9.17, 15) is 19.2 Å². The first kappa shape index (κ1) is 42.4. The number of methoxy groups -OCH3 is 2. The molecule has 3 aliphatic rings. The number of halogens is 1. The number of carbonyl (C=O) groups is 4. The normalized spacial score (nSPS) is 18.6. The Hall–Kier alpha value is -5.77. The molecule has 60 heavy (non-hydrogen) atoms. The van der Waals surface area contributed by atoms with Crippen molar-refractivity contribution in [3.8, 4) is 45.1 Å². The van der Waals surface area contributed by atoms with Gasteiger partial charge in [0.2, 0.25) is 11.8 Å². The van der Waals surface area contributed by atoms with Crippen molar-refractivity contribution in [1.29, 1.82) is 0 Å². The van der Waals surface area contributed by atoms with Gasteiger partial charge in [-0.2, -0.15) is 0 Å². The summed E-state index contributed by atoms with van der Waals surface area (Å²) in [5.41, 5.74) is 4.61. The largest absolute Gasteiger partial charge is 0.493 e. The third-order valence-electron chi connectivity index (χ3n) is 11.4. The first-order valence-electron chi connectivity index (χ1n) is 20.5. The molecule has 4 aromatic rings. The molecule has 0 saturated carbocycles. The van der Waals surface area contributed by atoms with Crippen molar-refractivity contribution < 1.29 is 38.1 Å². The summed E-state index contributed by atoms with van der Waals surface area (Å²) in [6.45, 7) is 9.50. The van der Waals surface area contributed by atoms with E-state index in [4.69, 9.17) is 40.5 Å². The third kappa shape index (κ3) is 8.74.